The molecule has 1 atom stereocenters. The van der Waals surface area contributed by atoms with Gasteiger partial charge < -0.3 is 11.1 Å². The third-order valence-corrected chi connectivity index (χ3v) is 5.67. The minimum absolute atomic E-state index is 0.124. The molecule has 4 nitrogen and oxygen atoms in total. The number of nitrogens with one attached hydrogen (secondary N) is 1. The van der Waals surface area contributed by atoms with Crippen LogP contribution in [-0.4, -0.2) is 23.0 Å². The van der Waals surface area contributed by atoms with Crippen molar-refractivity contribution in [3.8, 4) is 0 Å². The number of pyridine rings is 1. The van der Waals surface area contributed by atoms with Gasteiger partial charge in [-0.05, 0) is 54.5 Å². The van der Waals surface area contributed by atoms with Crippen molar-refractivity contribution in [1.82, 2.24) is 10.3 Å². The molecule has 120 valence electrons. The summed E-state index contributed by atoms with van der Waals surface area (Å²) in [5.41, 5.74) is 7.51. The van der Waals surface area contributed by atoms with E-state index >= 15 is 0 Å². The number of fused-ring (bicyclic) bond motifs is 1. The average Bonchev–Trinajstić information content (AvgIpc) is 3.18. The Morgan fingerprint density at radius 3 is 2.78 bits per heavy atom. The molecule has 2 aliphatic carbocycles. The second-order valence-electron chi connectivity index (χ2n) is 7.25. The monoisotopic (exact) mass is 309 g/mol. The van der Waals surface area contributed by atoms with Crippen molar-refractivity contribution in [2.45, 2.75) is 50.6 Å². The van der Waals surface area contributed by atoms with Crippen LogP contribution >= 0.6 is 0 Å². The molecule has 1 spiro atoms. The molecule has 4 heteroatoms. The molecule has 1 unspecified atom stereocenters. The number of amides is 1. The lowest BCUT2D eigenvalue weighted by Crippen LogP contribution is -2.39. The highest BCUT2D eigenvalue weighted by Crippen LogP contribution is 2.54. The number of nitrogens with two attached hydrogens (primary N) is 1. The quantitative estimate of drug-likeness (QED) is 0.915. The summed E-state index contributed by atoms with van der Waals surface area (Å²) in [5.74, 6) is 0.124. The van der Waals surface area contributed by atoms with Crippen molar-refractivity contribution in [2.75, 3.05) is 0 Å². The van der Waals surface area contributed by atoms with E-state index in [9.17, 15) is 4.79 Å². The highest BCUT2D eigenvalue weighted by molar-refractivity contribution is 5.84. The van der Waals surface area contributed by atoms with Gasteiger partial charge in [0.1, 0.15) is 0 Å². The number of rotatable bonds is 3. The maximum absolute atomic E-state index is 12.3. The topological polar surface area (TPSA) is 68.0 Å². The van der Waals surface area contributed by atoms with E-state index < -0.39 is 0 Å². The predicted molar refractivity (Wildman–Crippen MR) is 90.9 cm³/mol. The summed E-state index contributed by atoms with van der Waals surface area (Å²) in [6.07, 6.45) is 9.74. The number of hydrogen-bond donors (Lipinski definition) is 2. The minimum Gasteiger partial charge on any atom is -0.353 e. The first-order valence-corrected chi connectivity index (χ1v) is 8.52. The molecule has 1 amide bonds. The Balaban J connectivity index is 1.34. The molecule has 2 saturated carbocycles. The van der Waals surface area contributed by atoms with Crippen LogP contribution in [0.15, 0.2) is 36.7 Å². The van der Waals surface area contributed by atoms with Gasteiger partial charge in [-0.1, -0.05) is 18.2 Å². The van der Waals surface area contributed by atoms with Crippen molar-refractivity contribution >= 4 is 16.7 Å². The Morgan fingerprint density at radius 1 is 1.26 bits per heavy atom. The first kappa shape index (κ1) is 14.6. The van der Waals surface area contributed by atoms with Gasteiger partial charge in [-0.25, -0.2) is 0 Å². The van der Waals surface area contributed by atoms with Gasteiger partial charge in [-0.15, -0.1) is 0 Å². The second-order valence-corrected chi connectivity index (χ2v) is 7.25. The van der Waals surface area contributed by atoms with Crippen molar-refractivity contribution < 1.29 is 4.79 Å². The fraction of sp³-hybridized carbons (Fsp3) is 0.474. The first-order chi connectivity index (χ1) is 11.1. The molecule has 23 heavy (non-hydrogen) atoms. The minimum atomic E-state index is 0.124. The Kier molecular flexibility index (Phi) is 3.57. The molecule has 0 aliphatic heterocycles. The van der Waals surface area contributed by atoms with Crippen molar-refractivity contribution in [1.29, 1.82) is 0 Å². The number of aromatic nitrogens is 1. The first-order valence-electron chi connectivity index (χ1n) is 8.52. The van der Waals surface area contributed by atoms with Crippen molar-refractivity contribution in [3.63, 3.8) is 0 Å². The van der Waals surface area contributed by atoms with Crippen molar-refractivity contribution in [3.05, 3.63) is 42.2 Å². The number of hydrogen-bond acceptors (Lipinski definition) is 3. The van der Waals surface area contributed by atoms with Crippen LogP contribution in [0.1, 0.15) is 37.7 Å². The molecule has 3 N–H and O–H groups in total. The normalized spacial score (nSPS) is 29.6. The second kappa shape index (κ2) is 5.60. The molecule has 1 aromatic heterocycles. The van der Waals surface area contributed by atoms with Crippen LogP contribution in [0.5, 0.6) is 0 Å². The van der Waals surface area contributed by atoms with Gasteiger partial charge in [-0.2, -0.15) is 0 Å². The predicted octanol–water partition coefficient (Wildman–Crippen LogP) is 2.55. The van der Waals surface area contributed by atoms with E-state index in [1.807, 2.05) is 24.4 Å². The standard InChI is InChI=1S/C19H23N3O/c20-17-11-19(17)6-3-16(4-7-19)22-18(23)10-13-1-2-15-12-21-8-5-14(15)9-13/h1-2,5,8-9,12,16-17H,3-4,6-7,10-11,20H2,(H,22,23). The Morgan fingerprint density at radius 2 is 2.04 bits per heavy atom. The highest BCUT2D eigenvalue weighted by Gasteiger charge is 2.52. The molecular formula is C19H23N3O. The fourth-order valence-corrected chi connectivity index (χ4v) is 4.00. The number of carbonyl (C=O) groups excluding carboxylic acids is 1. The van der Waals surface area contributed by atoms with E-state index in [1.165, 1.54) is 19.3 Å². The molecule has 1 heterocycles. The summed E-state index contributed by atoms with van der Waals surface area (Å²) in [6, 6.07) is 8.84. The molecule has 2 fully saturated rings. The lowest BCUT2D eigenvalue weighted by molar-refractivity contribution is -0.121. The van der Waals surface area contributed by atoms with E-state index in [0.29, 0.717) is 23.9 Å². The van der Waals surface area contributed by atoms with E-state index in [2.05, 4.69) is 16.4 Å². The third-order valence-electron chi connectivity index (χ3n) is 5.67. The molecule has 0 bridgehead atoms. The number of nitrogens with zero attached hydrogens (tertiary/aromatic N) is 1. The van der Waals surface area contributed by atoms with Crippen molar-refractivity contribution in [2.24, 2.45) is 11.1 Å². The number of benzene rings is 1. The summed E-state index contributed by atoms with van der Waals surface area (Å²) in [6.45, 7) is 0. The van der Waals surface area contributed by atoms with Crippen LogP contribution in [0, 0.1) is 5.41 Å². The van der Waals surface area contributed by atoms with Gasteiger partial charge in [-0.3, -0.25) is 9.78 Å². The third kappa shape index (κ3) is 2.95. The summed E-state index contributed by atoms with van der Waals surface area (Å²) < 4.78 is 0. The molecule has 0 saturated heterocycles. The molecule has 1 aromatic carbocycles. The van der Waals surface area contributed by atoms with Gasteiger partial charge in [0.15, 0.2) is 0 Å². The van der Waals surface area contributed by atoms with Crippen LogP contribution in [0.3, 0.4) is 0 Å². The summed E-state index contributed by atoms with van der Waals surface area (Å²) in [5, 5.41) is 5.44. The lowest BCUT2D eigenvalue weighted by Gasteiger charge is -2.29. The number of carbonyl (C=O) groups is 1. The largest absolute Gasteiger partial charge is 0.353 e. The average molecular weight is 309 g/mol. The smallest absolute Gasteiger partial charge is 0.224 e. The Labute approximate surface area is 136 Å². The molecule has 2 aromatic rings. The van der Waals surface area contributed by atoms with Gasteiger partial charge in [0, 0.05) is 29.9 Å². The zero-order valence-corrected chi connectivity index (χ0v) is 13.3. The van der Waals surface area contributed by atoms with Crippen LogP contribution in [0.2, 0.25) is 0 Å². The van der Waals surface area contributed by atoms with Gasteiger partial charge in [0.2, 0.25) is 5.91 Å². The fourth-order valence-electron chi connectivity index (χ4n) is 4.00. The maximum Gasteiger partial charge on any atom is 0.224 e. The van der Waals surface area contributed by atoms with Crippen LogP contribution in [0.25, 0.3) is 10.8 Å². The van der Waals surface area contributed by atoms with E-state index in [0.717, 1.165) is 29.2 Å². The molecule has 2 aliphatic rings. The molecule has 4 rings (SSSR count). The zero-order chi connectivity index (χ0) is 15.9. The van der Waals surface area contributed by atoms with Gasteiger partial charge >= 0.3 is 0 Å². The van der Waals surface area contributed by atoms with Gasteiger partial charge in [0.05, 0.1) is 6.42 Å². The highest BCUT2D eigenvalue weighted by atomic mass is 16.1. The zero-order valence-electron chi connectivity index (χ0n) is 13.3. The molecular weight excluding hydrogens is 286 g/mol. The summed E-state index contributed by atoms with van der Waals surface area (Å²) in [7, 11) is 0. The van der Waals surface area contributed by atoms with E-state index in [4.69, 9.17) is 5.73 Å². The maximum atomic E-state index is 12.3. The lowest BCUT2D eigenvalue weighted by atomic mass is 9.83. The Bertz CT molecular complexity index is 734. The van der Waals surface area contributed by atoms with Crippen LogP contribution in [-0.2, 0) is 11.2 Å². The molecule has 0 radical (unpaired) electrons. The van der Waals surface area contributed by atoms with E-state index in [1.54, 1.807) is 6.20 Å². The van der Waals surface area contributed by atoms with Crippen LogP contribution in [0.4, 0.5) is 0 Å². The Hall–Kier alpha value is -1.94. The van der Waals surface area contributed by atoms with E-state index in [-0.39, 0.29) is 5.91 Å². The summed E-state index contributed by atoms with van der Waals surface area (Å²) in [4.78, 5) is 16.4. The summed E-state index contributed by atoms with van der Waals surface area (Å²) >= 11 is 0. The SMILES string of the molecule is NC1CC12CCC(NC(=O)Cc1ccc3cnccc3c1)CC2. The van der Waals surface area contributed by atoms with Gasteiger partial charge in [0.25, 0.3) is 0 Å². The van der Waals surface area contributed by atoms with Crippen LogP contribution < -0.4 is 11.1 Å².